The minimum absolute atomic E-state index is 0.307. The summed E-state index contributed by atoms with van der Waals surface area (Å²) < 4.78 is 5.31. The van der Waals surface area contributed by atoms with E-state index in [4.69, 9.17) is 4.74 Å². The van der Waals surface area contributed by atoms with Gasteiger partial charge >= 0.3 is 0 Å². The van der Waals surface area contributed by atoms with Crippen molar-refractivity contribution in [3.8, 4) is 0 Å². The first-order valence-corrected chi connectivity index (χ1v) is 6.98. The third kappa shape index (κ3) is 5.19. The van der Waals surface area contributed by atoms with E-state index < -0.39 is 0 Å². The fraction of sp³-hybridized carbons (Fsp3) is 0.625. The SMILES string of the molecule is CCCNC(COC)c1cccc(CC(C)C)c1. The molecule has 0 bridgehead atoms. The molecule has 0 aliphatic carbocycles. The average molecular weight is 249 g/mol. The highest BCUT2D eigenvalue weighted by atomic mass is 16.5. The summed E-state index contributed by atoms with van der Waals surface area (Å²) >= 11 is 0. The van der Waals surface area contributed by atoms with Crippen LogP contribution < -0.4 is 5.32 Å². The molecule has 0 aliphatic heterocycles. The number of nitrogens with one attached hydrogen (secondary N) is 1. The van der Waals surface area contributed by atoms with Gasteiger partial charge in [0.2, 0.25) is 0 Å². The van der Waals surface area contributed by atoms with Gasteiger partial charge in [-0.05, 0) is 36.4 Å². The van der Waals surface area contributed by atoms with Gasteiger partial charge in [-0.3, -0.25) is 0 Å². The van der Waals surface area contributed by atoms with Crippen molar-refractivity contribution in [1.29, 1.82) is 0 Å². The van der Waals surface area contributed by atoms with Gasteiger partial charge in [-0.25, -0.2) is 0 Å². The third-order valence-corrected chi connectivity index (χ3v) is 2.97. The maximum absolute atomic E-state index is 5.31. The Balaban J connectivity index is 2.76. The van der Waals surface area contributed by atoms with E-state index in [1.54, 1.807) is 7.11 Å². The van der Waals surface area contributed by atoms with E-state index in [0.717, 1.165) is 26.0 Å². The Morgan fingerprint density at radius 3 is 2.67 bits per heavy atom. The van der Waals surface area contributed by atoms with Gasteiger partial charge < -0.3 is 10.1 Å². The Morgan fingerprint density at radius 2 is 2.06 bits per heavy atom. The van der Waals surface area contributed by atoms with E-state index >= 15 is 0 Å². The van der Waals surface area contributed by atoms with Crippen molar-refractivity contribution in [1.82, 2.24) is 5.32 Å². The van der Waals surface area contributed by atoms with E-state index in [-0.39, 0.29) is 0 Å². The summed E-state index contributed by atoms with van der Waals surface area (Å²) in [5.74, 6) is 0.699. The summed E-state index contributed by atoms with van der Waals surface area (Å²) in [5.41, 5.74) is 2.75. The molecule has 0 aliphatic rings. The van der Waals surface area contributed by atoms with Gasteiger partial charge in [0.25, 0.3) is 0 Å². The summed E-state index contributed by atoms with van der Waals surface area (Å²) in [4.78, 5) is 0. The molecule has 1 aromatic carbocycles. The van der Waals surface area contributed by atoms with E-state index in [0.29, 0.717) is 12.0 Å². The Hall–Kier alpha value is -0.860. The van der Waals surface area contributed by atoms with Crippen molar-refractivity contribution in [3.05, 3.63) is 35.4 Å². The van der Waals surface area contributed by atoms with Crippen LogP contribution in [0.3, 0.4) is 0 Å². The molecule has 1 aromatic rings. The number of hydrogen-bond acceptors (Lipinski definition) is 2. The molecule has 2 nitrogen and oxygen atoms in total. The zero-order valence-electron chi connectivity index (χ0n) is 12.2. The molecule has 1 N–H and O–H groups in total. The summed E-state index contributed by atoms with van der Waals surface area (Å²) in [5, 5.41) is 3.54. The van der Waals surface area contributed by atoms with Crippen LogP contribution in [-0.4, -0.2) is 20.3 Å². The van der Waals surface area contributed by atoms with Gasteiger partial charge in [-0.2, -0.15) is 0 Å². The molecule has 0 saturated heterocycles. The maximum Gasteiger partial charge on any atom is 0.0657 e. The standard InChI is InChI=1S/C16H27NO/c1-5-9-17-16(12-18-4)15-8-6-7-14(11-15)10-13(2)3/h6-8,11,13,16-17H,5,9-10,12H2,1-4H3. The number of methoxy groups -OCH3 is 1. The van der Waals surface area contributed by atoms with E-state index in [9.17, 15) is 0 Å². The van der Waals surface area contributed by atoms with Gasteiger partial charge in [-0.1, -0.05) is 45.0 Å². The molecule has 0 fully saturated rings. The van der Waals surface area contributed by atoms with Crippen LogP contribution in [-0.2, 0) is 11.2 Å². The third-order valence-electron chi connectivity index (χ3n) is 2.97. The number of benzene rings is 1. The Morgan fingerprint density at radius 1 is 1.28 bits per heavy atom. The van der Waals surface area contributed by atoms with Gasteiger partial charge in [0, 0.05) is 7.11 Å². The molecule has 18 heavy (non-hydrogen) atoms. The molecule has 102 valence electrons. The lowest BCUT2D eigenvalue weighted by Gasteiger charge is -2.19. The van der Waals surface area contributed by atoms with Crippen LogP contribution in [0.15, 0.2) is 24.3 Å². The lowest BCUT2D eigenvalue weighted by molar-refractivity contribution is 0.167. The van der Waals surface area contributed by atoms with Crippen molar-refractivity contribution < 1.29 is 4.74 Å². The molecule has 1 rings (SSSR count). The normalized spacial score (nSPS) is 12.9. The van der Waals surface area contributed by atoms with Gasteiger partial charge in [0.05, 0.1) is 12.6 Å². The zero-order chi connectivity index (χ0) is 13.4. The van der Waals surface area contributed by atoms with Gasteiger partial charge in [-0.15, -0.1) is 0 Å². The monoisotopic (exact) mass is 249 g/mol. The molecule has 1 unspecified atom stereocenters. The highest BCUT2D eigenvalue weighted by Crippen LogP contribution is 2.17. The van der Waals surface area contributed by atoms with Crippen molar-refractivity contribution in [2.75, 3.05) is 20.3 Å². The van der Waals surface area contributed by atoms with E-state index in [2.05, 4.69) is 50.4 Å². The van der Waals surface area contributed by atoms with Crippen molar-refractivity contribution >= 4 is 0 Å². The van der Waals surface area contributed by atoms with Crippen molar-refractivity contribution in [3.63, 3.8) is 0 Å². The molecule has 1 atom stereocenters. The van der Waals surface area contributed by atoms with Crippen LogP contribution in [0, 0.1) is 5.92 Å². The molecule has 0 saturated carbocycles. The lowest BCUT2D eigenvalue weighted by Crippen LogP contribution is -2.26. The van der Waals surface area contributed by atoms with Crippen LogP contribution in [0.1, 0.15) is 44.4 Å². The first-order chi connectivity index (χ1) is 8.67. The van der Waals surface area contributed by atoms with Crippen LogP contribution in [0.25, 0.3) is 0 Å². The van der Waals surface area contributed by atoms with Crippen molar-refractivity contribution in [2.24, 2.45) is 5.92 Å². The maximum atomic E-state index is 5.31. The molecular weight excluding hydrogens is 222 g/mol. The lowest BCUT2D eigenvalue weighted by atomic mass is 9.98. The van der Waals surface area contributed by atoms with Crippen LogP contribution in [0.5, 0.6) is 0 Å². The summed E-state index contributed by atoms with van der Waals surface area (Å²) in [7, 11) is 1.76. The summed E-state index contributed by atoms with van der Waals surface area (Å²) in [6, 6.07) is 9.18. The van der Waals surface area contributed by atoms with Crippen LogP contribution in [0.4, 0.5) is 0 Å². The van der Waals surface area contributed by atoms with Gasteiger partial charge in [0.1, 0.15) is 0 Å². The predicted octanol–water partition coefficient (Wildman–Crippen LogP) is 3.57. The second kappa shape index (κ2) is 8.28. The fourth-order valence-corrected chi connectivity index (χ4v) is 2.17. The van der Waals surface area contributed by atoms with Crippen LogP contribution >= 0.6 is 0 Å². The largest absolute Gasteiger partial charge is 0.383 e. The fourth-order valence-electron chi connectivity index (χ4n) is 2.17. The predicted molar refractivity (Wildman–Crippen MR) is 77.9 cm³/mol. The smallest absolute Gasteiger partial charge is 0.0657 e. The topological polar surface area (TPSA) is 21.3 Å². The number of ether oxygens (including phenoxy) is 1. The van der Waals surface area contributed by atoms with Crippen molar-refractivity contribution in [2.45, 2.75) is 39.7 Å². The average Bonchev–Trinajstić information content (AvgIpc) is 2.34. The van der Waals surface area contributed by atoms with E-state index in [1.165, 1.54) is 11.1 Å². The highest BCUT2D eigenvalue weighted by molar-refractivity contribution is 5.26. The summed E-state index contributed by atoms with van der Waals surface area (Å²) in [6.45, 7) is 8.46. The first-order valence-electron chi connectivity index (χ1n) is 6.98. The minimum Gasteiger partial charge on any atom is -0.383 e. The molecule has 0 aromatic heterocycles. The molecular formula is C16H27NO. The van der Waals surface area contributed by atoms with E-state index in [1.807, 2.05) is 0 Å². The number of rotatable bonds is 8. The quantitative estimate of drug-likeness (QED) is 0.760. The molecule has 0 amide bonds. The molecule has 0 heterocycles. The Labute approximate surface area is 112 Å². The highest BCUT2D eigenvalue weighted by Gasteiger charge is 2.10. The second-order valence-corrected chi connectivity index (χ2v) is 5.31. The van der Waals surface area contributed by atoms with Crippen LogP contribution in [0.2, 0.25) is 0 Å². The minimum atomic E-state index is 0.307. The first kappa shape index (κ1) is 15.2. The Kier molecular flexibility index (Phi) is 6.99. The Bertz CT molecular complexity index is 336. The van der Waals surface area contributed by atoms with Gasteiger partial charge in [0.15, 0.2) is 0 Å². The zero-order valence-corrected chi connectivity index (χ0v) is 12.2. The second-order valence-electron chi connectivity index (χ2n) is 5.31. The molecule has 0 spiro atoms. The molecule has 0 radical (unpaired) electrons. The summed E-state index contributed by atoms with van der Waals surface area (Å²) in [6.07, 6.45) is 2.28. The number of hydrogen-bond donors (Lipinski definition) is 1. The molecule has 2 heteroatoms.